The van der Waals surface area contributed by atoms with Gasteiger partial charge in [0.2, 0.25) is 70.9 Å². The average molecular weight is 1470 g/mol. The lowest BCUT2D eigenvalue weighted by atomic mass is 10.1. The molecule has 552 valence electrons. The van der Waals surface area contributed by atoms with Gasteiger partial charge in [-0.25, -0.2) is 24.6 Å². The van der Waals surface area contributed by atoms with Crippen molar-refractivity contribution in [2.75, 3.05) is 27.8 Å². The molecule has 108 heavy (non-hydrogen) atoms. The van der Waals surface area contributed by atoms with E-state index in [9.17, 15) is 76.7 Å². The van der Waals surface area contributed by atoms with Crippen molar-refractivity contribution >= 4 is 137 Å². The van der Waals surface area contributed by atoms with Crippen molar-refractivity contribution in [2.24, 2.45) is 5.11 Å². The molecule has 9 aromatic rings. The number of hydrogen-bond donors (Lipinski definition) is 8. The fourth-order valence-corrected chi connectivity index (χ4v) is 13.0. The van der Waals surface area contributed by atoms with E-state index in [0.29, 0.717) is 50.9 Å². The Hall–Kier alpha value is -14.1. The molecule has 0 aliphatic carbocycles. The third kappa shape index (κ3) is 16.3. The van der Waals surface area contributed by atoms with Crippen molar-refractivity contribution in [1.29, 1.82) is 0 Å². The Balaban J connectivity index is 0.000000180. The molecular weight excluding hydrogens is 1400 g/mol. The summed E-state index contributed by atoms with van der Waals surface area (Å²) in [4.78, 5) is 220. The molecule has 4 unspecified atom stereocenters. The number of nitrogens with one attached hydrogen (secondary N) is 8. The number of aromatic nitrogens is 11. The number of benzene rings is 4. The molecule has 38 nitrogen and oxygen atoms in total. The highest BCUT2D eigenvalue weighted by atomic mass is 16.2. The molecule has 0 radical (unpaired) electrons. The van der Waals surface area contributed by atoms with Crippen LogP contribution in [0.5, 0.6) is 0 Å². The monoisotopic (exact) mass is 1470 g/mol. The van der Waals surface area contributed by atoms with E-state index >= 15 is 0 Å². The van der Waals surface area contributed by atoms with E-state index in [-0.39, 0.29) is 146 Å². The highest BCUT2D eigenvalue weighted by Crippen LogP contribution is 2.29. The molecule has 38 heteroatoms. The molecule has 4 saturated heterocycles. The van der Waals surface area contributed by atoms with Gasteiger partial charge in [0.25, 0.3) is 22.2 Å². The number of terminal acetylenes is 1. The number of anilines is 4. The molecule has 12 amide bonds. The Morgan fingerprint density at radius 3 is 1.11 bits per heavy atom. The predicted molar refractivity (Wildman–Crippen MR) is 384 cm³/mol. The predicted octanol–water partition coefficient (Wildman–Crippen LogP) is 2.45. The number of fused-ring (bicyclic) bond motifs is 4. The quantitative estimate of drug-likeness (QED) is 0.0213. The standard InChI is InChI=1S/C35H33N11O8.C19H18N4O4.C16H15N7O4/c1-17-36-20-5-3-7-22(30(20)34(53)45(17)24-10-13-27(48)40-32(24)51)38-26(47)12-9-19-15-44(43-42-19)16-29(50)39-23-8-4-6-21-31(23)35(54)46(18(2)37-21)25-11-14-28(49)41-33(25)52;1-3-4-8-15(24)21-13-7-5-6-12-17(13)19(27)23(11(2)20-12)14-9-10-16(25)22-18(14)26;1-8-19-9-3-2-4-10(20-13(25)7-18-22-17)14(9)16(27)23(8)11-5-6-12(24)21-15(11)26/h3-8,15,24-25H,9-14,16H2,1-2H3,(H,38,47)(H,39,50)(H,40,48,51)(H,41,49,52);1,5-7,14H,4,8-10H2,2H3,(H,21,24)(H,22,25,26);2-4,11H,5-7H2,1H3,(H,20,25)(H,21,24,26). The van der Waals surface area contributed by atoms with Gasteiger partial charge >= 0.3 is 0 Å². The lowest BCUT2D eigenvalue weighted by Crippen LogP contribution is -2.45. The van der Waals surface area contributed by atoms with E-state index in [2.05, 4.69) is 88.7 Å². The van der Waals surface area contributed by atoms with Crippen molar-refractivity contribution in [3.8, 4) is 12.3 Å². The minimum atomic E-state index is -0.930. The SMILES string of the molecule is C#CCCC(=O)Nc1cccc2nc(C)n(C3CCC(=O)NC3=O)c(=O)c12.Cc1nc2cccc(NC(=O)CCc3cn(CC(=O)Nc4cccc5nc(C)n(C6CCC(=O)NC6=O)c(=O)c45)nn3)c2c(=O)n1C1CCC(=O)NC1=O.Cc1nc2cccc(NC(=O)CN=[N+]=[N-])c2c(=O)n1C1CCC(=O)NC1=O. The molecule has 4 aromatic carbocycles. The molecule has 0 bridgehead atoms. The molecule has 4 atom stereocenters. The van der Waals surface area contributed by atoms with Gasteiger partial charge in [0, 0.05) is 62.5 Å². The highest BCUT2D eigenvalue weighted by molar-refractivity contribution is 6.06. The number of nitrogens with zero attached hydrogens (tertiary/aromatic N) is 14. The zero-order valence-corrected chi connectivity index (χ0v) is 58.1. The smallest absolute Gasteiger partial charge is 0.264 e. The van der Waals surface area contributed by atoms with Crippen LogP contribution in [0.4, 0.5) is 22.7 Å². The van der Waals surface area contributed by atoms with Crippen LogP contribution in [0.15, 0.2) is 103 Å². The number of azide groups is 1. The van der Waals surface area contributed by atoms with Gasteiger partial charge in [0.15, 0.2) is 0 Å². The molecule has 0 saturated carbocycles. The van der Waals surface area contributed by atoms with Crippen LogP contribution in [0.2, 0.25) is 0 Å². The zero-order chi connectivity index (χ0) is 77.4. The van der Waals surface area contributed by atoms with E-state index in [4.69, 9.17) is 12.0 Å². The summed E-state index contributed by atoms with van der Waals surface area (Å²) in [5, 5.41) is 31.4. The van der Waals surface area contributed by atoms with Gasteiger partial charge < -0.3 is 21.3 Å². The van der Waals surface area contributed by atoms with Crippen LogP contribution in [0.25, 0.3) is 54.1 Å². The number of carbonyl (C=O) groups is 12. The molecule has 9 heterocycles. The number of aryl methyl sites for hydroxylation is 5. The van der Waals surface area contributed by atoms with Crippen LogP contribution in [0, 0.1) is 40.0 Å². The van der Waals surface area contributed by atoms with Crippen LogP contribution in [-0.2, 0) is 70.5 Å². The summed E-state index contributed by atoms with van der Waals surface area (Å²) < 4.78 is 6.25. The molecule has 4 fully saturated rings. The maximum Gasteiger partial charge on any atom is 0.264 e. The summed E-state index contributed by atoms with van der Waals surface area (Å²) in [5.41, 5.74) is 8.99. The summed E-state index contributed by atoms with van der Waals surface area (Å²) in [7, 11) is 0. The number of rotatable bonds is 17. The maximum atomic E-state index is 13.7. The van der Waals surface area contributed by atoms with Crippen LogP contribution in [-0.4, -0.2) is 131 Å². The summed E-state index contributed by atoms with van der Waals surface area (Å²) in [6, 6.07) is 15.8. The van der Waals surface area contributed by atoms with E-state index in [0.717, 1.165) is 0 Å². The molecule has 8 N–H and O–H groups in total. The van der Waals surface area contributed by atoms with Gasteiger partial charge in [-0.1, -0.05) is 34.6 Å². The molecular formula is C70H66N22O16. The fraction of sp³-hybridized carbons (Fsp3) is 0.314. The molecule has 0 spiro atoms. The molecule has 4 aliphatic heterocycles. The van der Waals surface area contributed by atoms with Crippen molar-refractivity contribution in [2.45, 2.75) is 135 Å². The Morgan fingerprint density at radius 2 is 0.796 bits per heavy atom. The van der Waals surface area contributed by atoms with Gasteiger partial charge in [0.1, 0.15) is 60.6 Å². The fourth-order valence-electron chi connectivity index (χ4n) is 13.0. The van der Waals surface area contributed by atoms with Gasteiger partial charge in [0.05, 0.1) is 72.1 Å². The van der Waals surface area contributed by atoms with Crippen molar-refractivity contribution in [3.63, 3.8) is 0 Å². The first kappa shape index (κ1) is 75.1. The largest absolute Gasteiger partial charge is 0.325 e. The second-order valence-corrected chi connectivity index (χ2v) is 25.2. The van der Waals surface area contributed by atoms with Gasteiger partial charge in [-0.05, 0) is 107 Å². The Morgan fingerprint density at radius 1 is 0.481 bits per heavy atom. The van der Waals surface area contributed by atoms with Gasteiger partial charge in [-0.3, -0.25) is 116 Å². The van der Waals surface area contributed by atoms with Crippen LogP contribution >= 0.6 is 0 Å². The number of carbonyl (C=O) groups excluding carboxylic acids is 12. The topological polar surface area (TPSA) is 520 Å². The van der Waals surface area contributed by atoms with Gasteiger partial charge in [-0.2, -0.15) is 0 Å². The summed E-state index contributed by atoms with van der Waals surface area (Å²) in [5.74, 6) is -2.12. The summed E-state index contributed by atoms with van der Waals surface area (Å²) >= 11 is 0. The Kier molecular flexibility index (Phi) is 22.4. The van der Waals surface area contributed by atoms with E-state index in [1.807, 2.05) is 0 Å². The number of imide groups is 4. The maximum absolute atomic E-state index is 13.7. The minimum absolute atomic E-state index is 0.0518. The van der Waals surface area contributed by atoms with Crippen LogP contribution in [0.1, 0.15) is 124 Å². The zero-order valence-electron chi connectivity index (χ0n) is 58.1. The summed E-state index contributed by atoms with van der Waals surface area (Å²) in [6.07, 6.45) is 8.27. The Labute approximate surface area is 607 Å². The number of amides is 12. The first-order chi connectivity index (χ1) is 51.7. The lowest BCUT2D eigenvalue weighted by molar-refractivity contribution is -0.137. The second-order valence-electron chi connectivity index (χ2n) is 25.2. The van der Waals surface area contributed by atoms with Crippen molar-refractivity contribution < 1.29 is 57.5 Å². The van der Waals surface area contributed by atoms with Crippen molar-refractivity contribution in [3.05, 3.63) is 160 Å². The van der Waals surface area contributed by atoms with E-state index in [1.54, 1.807) is 88.4 Å². The molecule has 4 aliphatic rings. The number of hydrogen-bond acceptors (Lipinski definition) is 23. The Bertz CT molecular complexity index is 5700. The summed E-state index contributed by atoms with van der Waals surface area (Å²) in [6.45, 7) is 5.70. The number of piperidine rings is 4. The van der Waals surface area contributed by atoms with Crippen LogP contribution < -0.4 is 64.8 Å². The highest BCUT2D eigenvalue weighted by Gasteiger charge is 2.36. The lowest BCUT2D eigenvalue weighted by Gasteiger charge is -2.24. The third-order valence-corrected chi connectivity index (χ3v) is 17.9. The molecule has 5 aromatic heterocycles. The normalized spacial score (nSPS) is 17.0. The molecule has 13 rings (SSSR count). The van der Waals surface area contributed by atoms with Crippen LogP contribution in [0.3, 0.4) is 0 Å². The van der Waals surface area contributed by atoms with Crippen molar-refractivity contribution in [1.82, 2.24) is 74.5 Å². The third-order valence-electron chi connectivity index (χ3n) is 17.9. The second kappa shape index (κ2) is 32.3. The van der Waals surface area contributed by atoms with E-state index < -0.39 is 106 Å². The first-order valence-electron chi connectivity index (χ1n) is 33.7. The minimum Gasteiger partial charge on any atom is -0.325 e. The van der Waals surface area contributed by atoms with E-state index in [1.165, 1.54) is 41.3 Å². The average Bonchev–Trinajstić information content (AvgIpc) is 0.790. The first-order valence-corrected chi connectivity index (χ1v) is 33.7. The van der Waals surface area contributed by atoms with Gasteiger partial charge in [-0.15, -0.1) is 17.4 Å².